The van der Waals surface area contributed by atoms with Crippen LogP contribution in [0.3, 0.4) is 0 Å². The Morgan fingerprint density at radius 1 is 1.20 bits per heavy atom. The zero-order valence-electron chi connectivity index (χ0n) is 14.2. The third kappa shape index (κ3) is 4.26. The lowest BCUT2D eigenvalue weighted by Crippen LogP contribution is -2.27. The molecule has 2 aromatic rings. The average Bonchev–Trinajstić information content (AvgIpc) is 3.26. The Hall–Kier alpha value is -2.19. The lowest BCUT2D eigenvalue weighted by Gasteiger charge is -2.15. The van der Waals surface area contributed by atoms with Gasteiger partial charge in [-0.15, -0.1) is 0 Å². The molecule has 1 saturated heterocycles. The van der Waals surface area contributed by atoms with Crippen molar-refractivity contribution in [2.75, 3.05) is 18.4 Å². The summed E-state index contributed by atoms with van der Waals surface area (Å²) in [6.07, 6.45) is 6.04. The predicted octanol–water partition coefficient (Wildman–Crippen LogP) is 1.78. The third-order valence-corrected chi connectivity index (χ3v) is 6.17. The van der Waals surface area contributed by atoms with Crippen molar-refractivity contribution in [1.82, 2.24) is 14.1 Å². The SMILES string of the molecule is Cn1cc(NC(=O)CCc2ccc(S(=O)(=O)N3CCCC3)cc2)cn1. The molecule has 3 rings (SSSR count). The van der Waals surface area contributed by atoms with E-state index in [4.69, 9.17) is 0 Å². The van der Waals surface area contributed by atoms with Crippen molar-refractivity contribution in [2.24, 2.45) is 7.05 Å². The number of carbonyl (C=O) groups excluding carboxylic acids is 1. The summed E-state index contributed by atoms with van der Waals surface area (Å²) in [5.74, 6) is -0.0956. The molecule has 1 aromatic heterocycles. The van der Waals surface area contributed by atoms with E-state index >= 15 is 0 Å². The maximum atomic E-state index is 12.5. The number of aromatic nitrogens is 2. The summed E-state index contributed by atoms with van der Waals surface area (Å²) in [6, 6.07) is 6.81. The van der Waals surface area contributed by atoms with Crippen molar-refractivity contribution in [2.45, 2.75) is 30.6 Å². The first kappa shape index (κ1) is 17.6. The minimum atomic E-state index is -3.38. The lowest BCUT2D eigenvalue weighted by atomic mass is 10.1. The maximum absolute atomic E-state index is 12.5. The fourth-order valence-corrected chi connectivity index (χ4v) is 4.39. The van der Waals surface area contributed by atoms with Gasteiger partial charge >= 0.3 is 0 Å². The van der Waals surface area contributed by atoms with Gasteiger partial charge < -0.3 is 5.32 Å². The molecule has 8 heteroatoms. The molecule has 0 unspecified atom stereocenters. The Labute approximate surface area is 147 Å². The molecule has 0 atom stereocenters. The normalized spacial score (nSPS) is 15.4. The van der Waals surface area contributed by atoms with Crippen LogP contribution in [-0.2, 0) is 28.3 Å². The van der Waals surface area contributed by atoms with Gasteiger partial charge in [-0.1, -0.05) is 12.1 Å². The molecule has 1 N–H and O–H groups in total. The van der Waals surface area contributed by atoms with Crippen molar-refractivity contribution < 1.29 is 13.2 Å². The fraction of sp³-hybridized carbons (Fsp3) is 0.412. The van der Waals surface area contributed by atoms with E-state index < -0.39 is 10.0 Å². The molecule has 25 heavy (non-hydrogen) atoms. The largest absolute Gasteiger partial charge is 0.323 e. The summed E-state index contributed by atoms with van der Waals surface area (Å²) in [5.41, 5.74) is 1.60. The number of anilines is 1. The van der Waals surface area contributed by atoms with Gasteiger partial charge in [-0.05, 0) is 37.0 Å². The van der Waals surface area contributed by atoms with E-state index in [0.29, 0.717) is 36.5 Å². The smallest absolute Gasteiger partial charge is 0.243 e. The van der Waals surface area contributed by atoms with Gasteiger partial charge in [-0.3, -0.25) is 9.48 Å². The van der Waals surface area contributed by atoms with E-state index in [1.807, 2.05) is 0 Å². The Balaban J connectivity index is 1.56. The van der Waals surface area contributed by atoms with Crippen LogP contribution in [-0.4, -0.2) is 41.5 Å². The molecule has 1 aromatic carbocycles. The Bertz CT molecular complexity index is 837. The van der Waals surface area contributed by atoms with E-state index in [0.717, 1.165) is 18.4 Å². The monoisotopic (exact) mass is 362 g/mol. The molecule has 0 saturated carbocycles. The summed E-state index contributed by atoms with van der Waals surface area (Å²) < 4.78 is 28.1. The number of carbonyl (C=O) groups is 1. The molecule has 7 nitrogen and oxygen atoms in total. The van der Waals surface area contributed by atoms with Gasteiger partial charge in [0.15, 0.2) is 0 Å². The molecular weight excluding hydrogens is 340 g/mol. The Kier molecular flexibility index (Phi) is 5.19. The van der Waals surface area contributed by atoms with Crippen molar-refractivity contribution >= 4 is 21.6 Å². The number of nitrogens with one attached hydrogen (secondary N) is 1. The van der Waals surface area contributed by atoms with E-state index in [9.17, 15) is 13.2 Å². The summed E-state index contributed by atoms with van der Waals surface area (Å²) in [7, 11) is -1.60. The highest BCUT2D eigenvalue weighted by Gasteiger charge is 2.26. The summed E-state index contributed by atoms with van der Waals surface area (Å²) in [6.45, 7) is 1.19. The molecular formula is C17H22N4O3S. The number of nitrogens with zero attached hydrogens (tertiary/aromatic N) is 3. The summed E-state index contributed by atoms with van der Waals surface area (Å²) >= 11 is 0. The van der Waals surface area contributed by atoms with Crippen LogP contribution in [0, 0.1) is 0 Å². The number of rotatable bonds is 6. The van der Waals surface area contributed by atoms with Gasteiger partial charge in [0.05, 0.1) is 16.8 Å². The second-order valence-corrected chi connectivity index (χ2v) is 8.14. The predicted molar refractivity (Wildman–Crippen MR) is 94.6 cm³/mol. The van der Waals surface area contributed by atoms with Crippen molar-refractivity contribution in [3.8, 4) is 0 Å². The molecule has 1 fully saturated rings. The number of benzene rings is 1. The van der Waals surface area contributed by atoms with Gasteiger partial charge in [0.1, 0.15) is 0 Å². The van der Waals surface area contributed by atoms with Crippen LogP contribution in [0.4, 0.5) is 5.69 Å². The molecule has 1 amide bonds. The highest BCUT2D eigenvalue weighted by molar-refractivity contribution is 7.89. The van der Waals surface area contributed by atoms with E-state index in [2.05, 4.69) is 10.4 Å². The first-order valence-electron chi connectivity index (χ1n) is 8.33. The van der Waals surface area contributed by atoms with Crippen LogP contribution in [0.5, 0.6) is 0 Å². The molecule has 0 radical (unpaired) electrons. The third-order valence-electron chi connectivity index (χ3n) is 4.26. The summed E-state index contributed by atoms with van der Waals surface area (Å²) in [4.78, 5) is 12.3. The molecule has 1 aliphatic rings. The Morgan fingerprint density at radius 3 is 2.48 bits per heavy atom. The highest BCUT2D eigenvalue weighted by Crippen LogP contribution is 2.21. The molecule has 2 heterocycles. The maximum Gasteiger partial charge on any atom is 0.243 e. The van der Waals surface area contributed by atoms with E-state index in [-0.39, 0.29) is 5.91 Å². The van der Waals surface area contributed by atoms with Crippen LogP contribution in [0.15, 0.2) is 41.6 Å². The van der Waals surface area contributed by atoms with Gasteiger partial charge in [0, 0.05) is 32.8 Å². The fourth-order valence-electron chi connectivity index (χ4n) is 2.87. The molecule has 0 spiro atoms. The highest BCUT2D eigenvalue weighted by atomic mass is 32.2. The van der Waals surface area contributed by atoms with Crippen LogP contribution in [0.1, 0.15) is 24.8 Å². The topological polar surface area (TPSA) is 84.3 Å². The molecule has 1 aliphatic heterocycles. The number of aryl methyl sites for hydroxylation is 2. The van der Waals surface area contributed by atoms with Crippen LogP contribution in [0.25, 0.3) is 0 Å². The van der Waals surface area contributed by atoms with Gasteiger partial charge in [0.25, 0.3) is 0 Å². The average molecular weight is 362 g/mol. The standard InChI is InChI=1S/C17H22N4O3S/c1-20-13-15(12-18-20)19-17(22)9-6-14-4-7-16(8-5-14)25(23,24)21-10-2-3-11-21/h4-5,7-8,12-13H,2-3,6,9-11H2,1H3,(H,19,22). The lowest BCUT2D eigenvalue weighted by molar-refractivity contribution is -0.116. The molecule has 0 bridgehead atoms. The van der Waals surface area contributed by atoms with Crippen LogP contribution >= 0.6 is 0 Å². The molecule has 134 valence electrons. The number of hydrogen-bond acceptors (Lipinski definition) is 4. The first-order chi connectivity index (χ1) is 11.9. The van der Waals surface area contributed by atoms with Crippen LogP contribution < -0.4 is 5.32 Å². The van der Waals surface area contributed by atoms with Gasteiger partial charge in [-0.2, -0.15) is 9.40 Å². The number of hydrogen-bond donors (Lipinski definition) is 1. The molecule has 0 aliphatic carbocycles. The summed E-state index contributed by atoms with van der Waals surface area (Å²) in [5, 5.41) is 6.78. The van der Waals surface area contributed by atoms with Gasteiger partial charge in [-0.25, -0.2) is 8.42 Å². The van der Waals surface area contributed by atoms with Crippen LogP contribution in [0.2, 0.25) is 0 Å². The van der Waals surface area contributed by atoms with Crippen molar-refractivity contribution in [3.63, 3.8) is 0 Å². The number of amides is 1. The van der Waals surface area contributed by atoms with Gasteiger partial charge in [0.2, 0.25) is 15.9 Å². The van der Waals surface area contributed by atoms with E-state index in [1.54, 1.807) is 48.4 Å². The minimum absolute atomic E-state index is 0.0956. The first-order valence-corrected chi connectivity index (χ1v) is 9.77. The van der Waals surface area contributed by atoms with E-state index in [1.165, 1.54) is 4.31 Å². The zero-order valence-corrected chi connectivity index (χ0v) is 15.0. The van der Waals surface area contributed by atoms with Crippen molar-refractivity contribution in [1.29, 1.82) is 0 Å². The number of sulfonamides is 1. The zero-order chi connectivity index (χ0) is 17.9. The second-order valence-electron chi connectivity index (χ2n) is 6.21. The Morgan fingerprint density at radius 2 is 1.88 bits per heavy atom. The quantitative estimate of drug-likeness (QED) is 0.849. The second kappa shape index (κ2) is 7.37. The van der Waals surface area contributed by atoms with Crippen molar-refractivity contribution in [3.05, 3.63) is 42.2 Å². The minimum Gasteiger partial charge on any atom is -0.323 e.